The minimum absolute atomic E-state index is 0.171. The molecule has 29 heavy (non-hydrogen) atoms. The third-order valence-corrected chi connectivity index (χ3v) is 7.09. The van der Waals surface area contributed by atoms with Crippen molar-refractivity contribution in [1.82, 2.24) is 4.98 Å². The van der Waals surface area contributed by atoms with Gasteiger partial charge in [-0.15, -0.1) is 11.3 Å². The predicted octanol–water partition coefficient (Wildman–Crippen LogP) is 4.43. The van der Waals surface area contributed by atoms with Gasteiger partial charge in [0, 0.05) is 27.6 Å². The Labute approximate surface area is 178 Å². The number of hydrogen-bond acceptors (Lipinski definition) is 5. The fourth-order valence-corrected chi connectivity index (χ4v) is 5.74. The van der Waals surface area contributed by atoms with Gasteiger partial charge < -0.3 is 0 Å². The Bertz CT molecular complexity index is 1210. The number of nitrogens with zero attached hydrogens (tertiary/aromatic N) is 2. The van der Waals surface area contributed by atoms with Crippen molar-refractivity contribution in [1.29, 1.82) is 0 Å². The maximum absolute atomic E-state index is 12.7. The number of thiazole rings is 1. The van der Waals surface area contributed by atoms with Gasteiger partial charge >= 0.3 is 0 Å². The third-order valence-electron chi connectivity index (χ3n) is 4.73. The zero-order valence-corrected chi connectivity index (χ0v) is 18.1. The number of hydrogen-bond donors (Lipinski definition) is 1. The predicted molar refractivity (Wildman–Crippen MR) is 117 cm³/mol. The zero-order chi connectivity index (χ0) is 20.8. The van der Waals surface area contributed by atoms with E-state index in [2.05, 4.69) is 10.3 Å². The number of sulfonamides is 1. The molecule has 0 saturated carbocycles. The van der Waals surface area contributed by atoms with Gasteiger partial charge in [0.25, 0.3) is 5.91 Å². The van der Waals surface area contributed by atoms with E-state index >= 15 is 0 Å². The summed E-state index contributed by atoms with van der Waals surface area (Å²) in [7, 11) is -3.36. The highest BCUT2D eigenvalue weighted by molar-refractivity contribution is 7.92. The summed E-state index contributed by atoms with van der Waals surface area (Å²) in [6.07, 6.45) is 1.76. The normalized spacial score (nSPS) is 16.0. The molecule has 1 amide bonds. The molecule has 1 N–H and O–H groups in total. The highest BCUT2D eigenvalue weighted by Gasteiger charge is 2.32. The van der Waals surface area contributed by atoms with Crippen LogP contribution in [0.2, 0.25) is 5.02 Å². The van der Waals surface area contributed by atoms with E-state index in [-0.39, 0.29) is 11.9 Å². The zero-order valence-electron chi connectivity index (χ0n) is 15.7. The molecule has 0 unspecified atom stereocenters. The van der Waals surface area contributed by atoms with Gasteiger partial charge in [0.1, 0.15) is 0 Å². The molecule has 4 rings (SSSR count). The summed E-state index contributed by atoms with van der Waals surface area (Å²) in [6.45, 7) is 1.85. The summed E-state index contributed by atoms with van der Waals surface area (Å²) < 4.78 is 25.5. The van der Waals surface area contributed by atoms with Gasteiger partial charge in [-0.05, 0) is 43.2 Å². The number of aromatic nitrogens is 1. The van der Waals surface area contributed by atoms with Crippen molar-refractivity contribution in [3.63, 3.8) is 0 Å². The Kier molecular flexibility index (Phi) is 5.10. The summed E-state index contributed by atoms with van der Waals surface area (Å²) >= 11 is 7.53. The molecule has 0 spiro atoms. The number of fused-ring (bicyclic) bond motifs is 1. The van der Waals surface area contributed by atoms with E-state index in [1.54, 1.807) is 24.3 Å². The molecule has 2 heterocycles. The van der Waals surface area contributed by atoms with Crippen molar-refractivity contribution in [2.45, 2.75) is 19.4 Å². The first-order chi connectivity index (χ1) is 13.7. The molecule has 1 aliphatic rings. The summed E-state index contributed by atoms with van der Waals surface area (Å²) in [5.41, 5.74) is 3.43. The Morgan fingerprint density at radius 3 is 2.76 bits per heavy atom. The van der Waals surface area contributed by atoms with E-state index in [4.69, 9.17) is 11.6 Å². The number of nitrogens with one attached hydrogen (secondary N) is 1. The van der Waals surface area contributed by atoms with Crippen LogP contribution >= 0.6 is 22.9 Å². The van der Waals surface area contributed by atoms with E-state index in [1.807, 2.05) is 30.5 Å². The molecule has 1 aliphatic heterocycles. The Balaban J connectivity index is 1.55. The Morgan fingerprint density at radius 1 is 1.28 bits per heavy atom. The van der Waals surface area contributed by atoms with Gasteiger partial charge in [0.15, 0.2) is 5.13 Å². The van der Waals surface area contributed by atoms with Crippen LogP contribution in [0.3, 0.4) is 0 Å². The SMILES string of the molecule is C[C@H]1Cc2cc(C(=O)Nc3nc(-c4ccccc4Cl)cs3)ccc2N1S(C)(=O)=O. The van der Waals surface area contributed by atoms with Crippen molar-refractivity contribution < 1.29 is 13.2 Å². The van der Waals surface area contributed by atoms with Gasteiger partial charge in [-0.1, -0.05) is 29.8 Å². The largest absolute Gasteiger partial charge is 0.298 e. The molecule has 1 aromatic heterocycles. The highest BCUT2D eigenvalue weighted by Crippen LogP contribution is 2.35. The molecule has 0 radical (unpaired) electrons. The van der Waals surface area contributed by atoms with E-state index in [1.165, 1.54) is 21.9 Å². The maximum atomic E-state index is 12.7. The average molecular weight is 448 g/mol. The summed E-state index contributed by atoms with van der Waals surface area (Å²) in [4.78, 5) is 17.1. The minimum atomic E-state index is -3.36. The van der Waals surface area contributed by atoms with Crippen LogP contribution in [0.25, 0.3) is 11.3 Å². The van der Waals surface area contributed by atoms with Crippen molar-refractivity contribution >= 4 is 49.7 Å². The monoisotopic (exact) mass is 447 g/mol. The second-order valence-electron chi connectivity index (χ2n) is 6.93. The van der Waals surface area contributed by atoms with E-state index in [0.717, 1.165) is 11.1 Å². The van der Waals surface area contributed by atoms with Crippen LogP contribution in [-0.2, 0) is 16.4 Å². The highest BCUT2D eigenvalue weighted by atomic mass is 35.5. The lowest BCUT2D eigenvalue weighted by molar-refractivity contribution is 0.102. The van der Waals surface area contributed by atoms with Crippen LogP contribution in [0.5, 0.6) is 0 Å². The topological polar surface area (TPSA) is 79.4 Å². The molecule has 0 fully saturated rings. The second-order valence-corrected chi connectivity index (χ2v) is 10.1. The quantitative estimate of drug-likeness (QED) is 0.641. The molecule has 150 valence electrons. The lowest BCUT2D eigenvalue weighted by Crippen LogP contribution is -2.34. The van der Waals surface area contributed by atoms with Crippen LogP contribution in [-0.4, -0.2) is 31.6 Å². The maximum Gasteiger partial charge on any atom is 0.257 e. The fourth-order valence-electron chi connectivity index (χ4n) is 3.54. The molecule has 6 nitrogen and oxygen atoms in total. The standard InChI is InChI=1S/C20H18ClN3O3S2/c1-12-9-14-10-13(7-8-18(14)24(12)29(2,26)27)19(25)23-20-22-17(11-28-20)15-5-3-4-6-16(15)21/h3-8,10-12H,9H2,1-2H3,(H,22,23,25)/t12-/m0/s1. The molecule has 0 aliphatic carbocycles. The van der Waals surface area contributed by atoms with Crippen LogP contribution in [0, 0.1) is 0 Å². The number of anilines is 2. The van der Waals surface area contributed by atoms with Gasteiger partial charge in [-0.2, -0.15) is 0 Å². The fraction of sp³-hybridized carbons (Fsp3) is 0.200. The van der Waals surface area contributed by atoms with E-state index in [9.17, 15) is 13.2 Å². The smallest absolute Gasteiger partial charge is 0.257 e. The molecule has 0 saturated heterocycles. The Hall–Kier alpha value is -2.42. The van der Waals surface area contributed by atoms with Crippen molar-refractivity contribution in [2.24, 2.45) is 0 Å². The first-order valence-electron chi connectivity index (χ1n) is 8.88. The number of halogens is 1. The number of carbonyl (C=O) groups excluding carboxylic acids is 1. The molecular formula is C20H18ClN3O3S2. The first-order valence-corrected chi connectivity index (χ1v) is 12.0. The van der Waals surface area contributed by atoms with Gasteiger partial charge in [0.05, 0.1) is 17.6 Å². The molecule has 1 atom stereocenters. The molecule has 0 bridgehead atoms. The molecule has 2 aromatic carbocycles. The van der Waals surface area contributed by atoms with Crippen LogP contribution in [0.1, 0.15) is 22.8 Å². The lowest BCUT2D eigenvalue weighted by atomic mass is 10.1. The van der Waals surface area contributed by atoms with Crippen molar-refractivity contribution in [3.8, 4) is 11.3 Å². The first kappa shape index (κ1) is 19.9. The number of carbonyl (C=O) groups is 1. The number of amides is 1. The van der Waals surface area contributed by atoms with Crippen LogP contribution < -0.4 is 9.62 Å². The molecule has 9 heteroatoms. The number of benzene rings is 2. The van der Waals surface area contributed by atoms with Crippen molar-refractivity contribution in [2.75, 3.05) is 15.9 Å². The minimum Gasteiger partial charge on any atom is -0.298 e. The van der Waals surface area contributed by atoms with Crippen molar-refractivity contribution in [3.05, 3.63) is 64.0 Å². The van der Waals surface area contributed by atoms with E-state index in [0.29, 0.717) is 33.5 Å². The van der Waals surface area contributed by atoms with Gasteiger partial charge in [-0.3, -0.25) is 14.4 Å². The van der Waals surface area contributed by atoms with Gasteiger partial charge in [-0.25, -0.2) is 13.4 Å². The number of rotatable bonds is 4. The molecular weight excluding hydrogens is 430 g/mol. The summed E-state index contributed by atoms with van der Waals surface area (Å²) in [5.74, 6) is -0.293. The van der Waals surface area contributed by atoms with E-state index < -0.39 is 10.0 Å². The summed E-state index contributed by atoms with van der Waals surface area (Å²) in [6, 6.07) is 12.3. The molecule has 3 aromatic rings. The van der Waals surface area contributed by atoms with Crippen LogP contribution in [0.4, 0.5) is 10.8 Å². The average Bonchev–Trinajstić information content (AvgIpc) is 3.24. The Morgan fingerprint density at radius 2 is 2.03 bits per heavy atom. The van der Waals surface area contributed by atoms with Gasteiger partial charge in [0.2, 0.25) is 10.0 Å². The lowest BCUT2D eigenvalue weighted by Gasteiger charge is -2.21. The summed E-state index contributed by atoms with van der Waals surface area (Å²) in [5, 5.41) is 5.71. The third kappa shape index (κ3) is 3.88. The van der Waals surface area contributed by atoms with Crippen LogP contribution in [0.15, 0.2) is 47.8 Å². The second kappa shape index (κ2) is 7.44.